The number of rotatable bonds is 6. The van der Waals surface area contributed by atoms with E-state index in [-0.39, 0.29) is 23.7 Å². The van der Waals surface area contributed by atoms with Gasteiger partial charge in [0, 0.05) is 17.7 Å². The van der Waals surface area contributed by atoms with Crippen LogP contribution in [0.1, 0.15) is 29.6 Å². The summed E-state index contributed by atoms with van der Waals surface area (Å²) in [6, 6.07) is 14.1. The zero-order valence-corrected chi connectivity index (χ0v) is 15.4. The third kappa shape index (κ3) is 4.46. The number of nitrogens with one attached hydrogen (secondary N) is 2. The van der Waals surface area contributed by atoms with Gasteiger partial charge in [-0.1, -0.05) is 24.6 Å². The van der Waals surface area contributed by atoms with Crippen LogP contribution in [0.2, 0.25) is 0 Å². The van der Waals surface area contributed by atoms with E-state index in [1.165, 1.54) is 0 Å². The van der Waals surface area contributed by atoms with Crippen LogP contribution in [0, 0.1) is 11.8 Å². The number of carbonyl (C=O) groups excluding carboxylic acids is 2. The van der Waals surface area contributed by atoms with Gasteiger partial charge in [-0.05, 0) is 49.6 Å². The quantitative estimate of drug-likeness (QED) is 0.730. The minimum atomic E-state index is -0.291. The van der Waals surface area contributed by atoms with Crippen molar-refractivity contribution in [2.45, 2.75) is 19.3 Å². The molecule has 0 unspecified atom stereocenters. The zero-order chi connectivity index (χ0) is 19.2. The fourth-order valence-electron chi connectivity index (χ4n) is 3.58. The lowest BCUT2D eigenvalue weighted by Crippen LogP contribution is -2.30. The molecule has 0 saturated heterocycles. The molecule has 0 spiro atoms. The Morgan fingerprint density at radius 3 is 2.70 bits per heavy atom. The zero-order valence-electron chi connectivity index (χ0n) is 15.4. The van der Waals surface area contributed by atoms with Crippen LogP contribution < -0.4 is 21.1 Å². The highest BCUT2D eigenvalue weighted by Gasteiger charge is 2.32. The summed E-state index contributed by atoms with van der Waals surface area (Å²) in [6.45, 7) is 0.510. The molecule has 2 amide bonds. The summed E-state index contributed by atoms with van der Waals surface area (Å²) in [5.41, 5.74) is 7.33. The molecule has 1 saturated carbocycles. The molecule has 1 aliphatic rings. The highest BCUT2D eigenvalue weighted by atomic mass is 16.5. The molecule has 1 aliphatic carbocycles. The first-order valence-electron chi connectivity index (χ1n) is 9.17. The van der Waals surface area contributed by atoms with E-state index in [0.717, 1.165) is 19.3 Å². The average molecular weight is 367 g/mol. The van der Waals surface area contributed by atoms with Gasteiger partial charge in [0.15, 0.2) is 0 Å². The van der Waals surface area contributed by atoms with Gasteiger partial charge >= 0.3 is 0 Å². The molecule has 2 atom stereocenters. The molecular formula is C21H25N3O3. The Labute approximate surface area is 159 Å². The number of hydrogen-bond donors (Lipinski definition) is 3. The maximum atomic E-state index is 12.7. The van der Waals surface area contributed by atoms with Crippen LogP contribution in [0.4, 0.5) is 11.4 Å². The molecule has 0 aliphatic heterocycles. The van der Waals surface area contributed by atoms with Crippen LogP contribution in [0.25, 0.3) is 0 Å². The molecule has 0 aromatic heterocycles. The molecule has 0 bridgehead atoms. The van der Waals surface area contributed by atoms with Gasteiger partial charge in [0.2, 0.25) is 5.91 Å². The van der Waals surface area contributed by atoms with E-state index < -0.39 is 0 Å². The number of anilines is 2. The number of amides is 2. The lowest BCUT2D eigenvalue weighted by Gasteiger charge is -2.18. The smallest absolute Gasteiger partial charge is 0.257 e. The Kier molecular flexibility index (Phi) is 6.08. The highest BCUT2D eigenvalue weighted by Crippen LogP contribution is 2.32. The van der Waals surface area contributed by atoms with Crippen LogP contribution in [-0.4, -0.2) is 25.5 Å². The Morgan fingerprint density at radius 1 is 1.11 bits per heavy atom. The number of methoxy groups -OCH3 is 1. The monoisotopic (exact) mass is 367 g/mol. The van der Waals surface area contributed by atoms with Gasteiger partial charge in [0.1, 0.15) is 5.75 Å². The van der Waals surface area contributed by atoms with Crippen molar-refractivity contribution in [1.82, 2.24) is 0 Å². The van der Waals surface area contributed by atoms with Crippen molar-refractivity contribution in [2.75, 3.05) is 24.3 Å². The van der Waals surface area contributed by atoms with Gasteiger partial charge in [0.05, 0.1) is 18.4 Å². The van der Waals surface area contributed by atoms with Crippen molar-refractivity contribution >= 4 is 23.2 Å². The number of hydrogen-bond acceptors (Lipinski definition) is 4. The molecule has 4 N–H and O–H groups in total. The first kappa shape index (κ1) is 18.9. The predicted molar refractivity (Wildman–Crippen MR) is 106 cm³/mol. The maximum Gasteiger partial charge on any atom is 0.257 e. The fourth-order valence-corrected chi connectivity index (χ4v) is 3.58. The van der Waals surface area contributed by atoms with E-state index in [4.69, 9.17) is 10.5 Å². The molecule has 0 radical (unpaired) electrons. The van der Waals surface area contributed by atoms with Crippen LogP contribution in [0.3, 0.4) is 0 Å². The standard InChI is InChI=1S/C21H25N3O3/c1-27-16-8-5-7-15(12-16)23-21(26)18-9-2-3-11-19(18)24-20(25)17-10-4-6-14(17)13-22/h2-3,5,7-9,11-12,14,17H,4,6,10,13,22H2,1H3,(H,23,26)(H,24,25)/t14-,17-/m1/s1. The van der Waals surface area contributed by atoms with Crippen LogP contribution in [0.15, 0.2) is 48.5 Å². The number of carbonyl (C=O) groups is 2. The Balaban J connectivity index is 1.75. The van der Waals surface area contributed by atoms with Gasteiger partial charge in [-0.2, -0.15) is 0 Å². The summed E-state index contributed by atoms with van der Waals surface area (Å²) >= 11 is 0. The number of benzene rings is 2. The first-order chi connectivity index (χ1) is 13.1. The molecule has 3 rings (SSSR count). The van der Waals surface area contributed by atoms with Crippen molar-refractivity contribution in [3.05, 3.63) is 54.1 Å². The minimum absolute atomic E-state index is 0.0652. The third-order valence-electron chi connectivity index (χ3n) is 5.06. The van der Waals surface area contributed by atoms with E-state index in [2.05, 4.69) is 10.6 Å². The van der Waals surface area contributed by atoms with Gasteiger partial charge in [-0.15, -0.1) is 0 Å². The van der Waals surface area contributed by atoms with E-state index >= 15 is 0 Å². The molecule has 2 aromatic rings. The van der Waals surface area contributed by atoms with Crippen molar-refractivity contribution in [2.24, 2.45) is 17.6 Å². The lowest BCUT2D eigenvalue weighted by molar-refractivity contribution is -0.120. The van der Waals surface area contributed by atoms with Crippen molar-refractivity contribution in [3.63, 3.8) is 0 Å². The summed E-state index contributed by atoms with van der Waals surface area (Å²) in [5.74, 6) is 0.418. The highest BCUT2D eigenvalue weighted by molar-refractivity contribution is 6.10. The van der Waals surface area contributed by atoms with Crippen LogP contribution >= 0.6 is 0 Å². The summed E-state index contributed by atoms with van der Waals surface area (Å²) in [6.07, 6.45) is 2.83. The van der Waals surface area contributed by atoms with Crippen LogP contribution in [-0.2, 0) is 4.79 Å². The Bertz CT molecular complexity index is 822. The predicted octanol–water partition coefficient (Wildman–Crippen LogP) is 3.26. The van der Waals surface area contributed by atoms with Crippen molar-refractivity contribution in [1.29, 1.82) is 0 Å². The van der Waals surface area contributed by atoms with Crippen molar-refractivity contribution in [3.8, 4) is 5.75 Å². The molecular weight excluding hydrogens is 342 g/mol. The second kappa shape index (κ2) is 8.68. The SMILES string of the molecule is COc1cccc(NC(=O)c2ccccc2NC(=O)[C@@H]2CCC[C@@H]2CN)c1. The normalized spacial score (nSPS) is 18.7. The van der Waals surface area contributed by atoms with E-state index in [1.807, 2.05) is 0 Å². The largest absolute Gasteiger partial charge is 0.497 e. The number of para-hydroxylation sites is 1. The van der Waals surface area contributed by atoms with Gasteiger partial charge in [0.25, 0.3) is 5.91 Å². The molecule has 1 fully saturated rings. The van der Waals surface area contributed by atoms with Gasteiger partial charge in [-0.25, -0.2) is 0 Å². The second-order valence-electron chi connectivity index (χ2n) is 6.75. The Hall–Kier alpha value is -2.86. The number of nitrogens with two attached hydrogens (primary N) is 1. The maximum absolute atomic E-state index is 12.7. The van der Waals surface area contributed by atoms with E-state index in [1.54, 1.807) is 55.6 Å². The molecule has 142 valence electrons. The summed E-state index contributed by atoms with van der Waals surface area (Å²) in [4.78, 5) is 25.4. The van der Waals surface area contributed by atoms with Gasteiger partial charge < -0.3 is 21.1 Å². The lowest BCUT2D eigenvalue weighted by atomic mass is 9.95. The first-order valence-corrected chi connectivity index (χ1v) is 9.17. The van der Waals surface area contributed by atoms with Crippen LogP contribution in [0.5, 0.6) is 5.75 Å². The van der Waals surface area contributed by atoms with Gasteiger partial charge in [-0.3, -0.25) is 9.59 Å². The topological polar surface area (TPSA) is 93.5 Å². The molecule has 0 heterocycles. The fraction of sp³-hybridized carbons (Fsp3) is 0.333. The molecule has 2 aromatic carbocycles. The van der Waals surface area contributed by atoms with Crippen molar-refractivity contribution < 1.29 is 14.3 Å². The van der Waals surface area contributed by atoms with E-state index in [0.29, 0.717) is 29.2 Å². The summed E-state index contributed by atoms with van der Waals surface area (Å²) < 4.78 is 5.18. The minimum Gasteiger partial charge on any atom is -0.497 e. The third-order valence-corrected chi connectivity index (χ3v) is 5.06. The average Bonchev–Trinajstić information content (AvgIpc) is 3.17. The molecule has 6 nitrogen and oxygen atoms in total. The second-order valence-corrected chi connectivity index (χ2v) is 6.75. The molecule has 27 heavy (non-hydrogen) atoms. The van der Waals surface area contributed by atoms with E-state index in [9.17, 15) is 9.59 Å². The number of ether oxygens (including phenoxy) is 1. The molecule has 6 heteroatoms. The summed E-state index contributed by atoms with van der Waals surface area (Å²) in [7, 11) is 1.57. The Morgan fingerprint density at radius 2 is 1.93 bits per heavy atom. The summed E-state index contributed by atoms with van der Waals surface area (Å²) in [5, 5.41) is 5.77.